The standard InChI is InChI=1S/C6H13NOS/c1-7(8)4-6-2-3-9-5-6/h6,8H,2-5H2,1H3. The van der Waals surface area contributed by atoms with Gasteiger partial charge in [0.25, 0.3) is 0 Å². The third-order valence-corrected chi connectivity index (χ3v) is 2.78. The monoisotopic (exact) mass is 147 g/mol. The summed E-state index contributed by atoms with van der Waals surface area (Å²) >= 11 is 1.99. The van der Waals surface area contributed by atoms with Crippen LogP contribution < -0.4 is 0 Å². The Hall–Kier alpha value is 0.270. The summed E-state index contributed by atoms with van der Waals surface area (Å²) in [5, 5.41) is 10.1. The fraction of sp³-hybridized carbons (Fsp3) is 1.00. The molecule has 0 aromatic carbocycles. The Morgan fingerprint density at radius 3 is 3.00 bits per heavy atom. The summed E-state index contributed by atoms with van der Waals surface area (Å²) in [6.07, 6.45) is 1.27. The van der Waals surface area contributed by atoms with E-state index in [-0.39, 0.29) is 0 Å². The maximum absolute atomic E-state index is 8.84. The summed E-state index contributed by atoms with van der Waals surface area (Å²) in [5.74, 6) is 3.23. The molecule has 1 heterocycles. The Balaban J connectivity index is 2.11. The molecular formula is C6H13NOS. The zero-order chi connectivity index (χ0) is 6.69. The Labute approximate surface area is 60.2 Å². The molecule has 1 fully saturated rings. The fourth-order valence-corrected chi connectivity index (χ4v) is 2.37. The van der Waals surface area contributed by atoms with Crippen molar-refractivity contribution in [1.29, 1.82) is 0 Å². The van der Waals surface area contributed by atoms with Gasteiger partial charge in [-0.2, -0.15) is 16.8 Å². The van der Waals surface area contributed by atoms with Gasteiger partial charge in [0.05, 0.1) is 0 Å². The molecule has 1 aliphatic rings. The highest BCUT2D eigenvalue weighted by molar-refractivity contribution is 7.99. The fourth-order valence-electron chi connectivity index (χ4n) is 1.10. The Bertz CT molecular complexity index is 81.1. The third-order valence-electron chi connectivity index (χ3n) is 1.55. The number of thioether (sulfide) groups is 1. The summed E-state index contributed by atoms with van der Waals surface area (Å²) in [4.78, 5) is 0. The first-order valence-electron chi connectivity index (χ1n) is 3.27. The van der Waals surface area contributed by atoms with Crippen molar-refractivity contribution in [1.82, 2.24) is 5.06 Å². The van der Waals surface area contributed by atoms with Crippen LogP contribution in [0.3, 0.4) is 0 Å². The summed E-state index contributed by atoms with van der Waals surface area (Å²) in [7, 11) is 1.71. The molecule has 0 radical (unpaired) electrons. The highest BCUT2D eigenvalue weighted by atomic mass is 32.2. The average molecular weight is 147 g/mol. The van der Waals surface area contributed by atoms with Crippen molar-refractivity contribution < 1.29 is 5.21 Å². The molecule has 0 aliphatic carbocycles. The lowest BCUT2D eigenvalue weighted by Gasteiger charge is -2.12. The molecule has 0 saturated carbocycles. The second kappa shape index (κ2) is 3.44. The first kappa shape index (κ1) is 7.38. The molecular weight excluding hydrogens is 134 g/mol. The topological polar surface area (TPSA) is 23.5 Å². The van der Waals surface area contributed by atoms with Gasteiger partial charge in [0.15, 0.2) is 0 Å². The Morgan fingerprint density at radius 1 is 1.78 bits per heavy atom. The van der Waals surface area contributed by atoms with Gasteiger partial charge >= 0.3 is 0 Å². The number of rotatable bonds is 2. The van der Waals surface area contributed by atoms with E-state index >= 15 is 0 Å². The van der Waals surface area contributed by atoms with Crippen LogP contribution in [0.15, 0.2) is 0 Å². The van der Waals surface area contributed by atoms with E-state index in [0.717, 1.165) is 12.5 Å². The molecule has 1 atom stereocenters. The average Bonchev–Trinajstić information content (AvgIpc) is 2.15. The second-order valence-electron chi connectivity index (χ2n) is 2.57. The van der Waals surface area contributed by atoms with Gasteiger partial charge in [0, 0.05) is 13.6 Å². The largest absolute Gasteiger partial charge is 0.314 e. The van der Waals surface area contributed by atoms with Crippen molar-refractivity contribution in [3.63, 3.8) is 0 Å². The molecule has 1 N–H and O–H groups in total. The van der Waals surface area contributed by atoms with Gasteiger partial charge in [-0.15, -0.1) is 0 Å². The third kappa shape index (κ3) is 2.56. The zero-order valence-electron chi connectivity index (χ0n) is 5.71. The Morgan fingerprint density at radius 2 is 2.56 bits per heavy atom. The minimum absolute atomic E-state index is 0.727. The zero-order valence-corrected chi connectivity index (χ0v) is 6.52. The number of hydrogen-bond acceptors (Lipinski definition) is 3. The van der Waals surface area contributed by atoms with Crippen LogP contribution in [0, 0.1) is 5.92 Å². The van der Waals surface area contributed by atoms with Crippen LogP contribution in [0.5, 0.6) is 0 Å². The van der Waals surface area contributed by atoms with Crippen molar-refractivity contribution in [2.24, 2.45) is 5.92 Å². The highest BCUT2D eigenvalue weighted by Crippen LogP contribution is 2.23. The van der Waals surface area contributed by atoms with Crippen LogP contribution in [0.4, 0.5) is 0 Å². The van der Waals surface area contributed by atoms with Crippen LogP contribution in [-0.2, 0) is 0 Å². The Kier molecular flexibility index (Phi) is 2.82. The summed E-state index contributed by atoms with van der Waals surface area (Å²) in [5.41, 5.74) is 0. The first-order valence-corrected chi connectivity index (χ1v) is 4.42. The predicted molar refractivity (Wildman–Crippen MR) is 39.8 cm³/mol. The van der Waals surface area contributed by atoms with Crippen molar-refractivity contribution in [3.05, 3.63) is 0 Å². The van der Waals surface area contributed by atoms with E-state index < -0.39 is 0 Å². The van der Waals surface area contributed by atoms with Gasteiger partial charge in [-0.25, -0.2) is 0 Å². The quantitative estimate of drug-likeness (QED) is 0.591. The lowest BCUT2D eigenvalue weighted by atomic mass is 10.1. The normalized spacial score (nSPS) is 27.7. The molecule has 0 aromatic heterocycles. The van der Waals surface area contributed by atoms with E-state index in [2.05, 4.69) is 0 Å². The van der Waals surface area contributed by atoms with Crippen LogP contribution in [0.1, 0.15) is 6.42 Å². The predicted octanol–water partition coefficient (Wildman–Crippen LogP) is 1.06. The van der Waals surface area contributed by atoms with Crippen LogP contribution in [0.2, 0.25) is 0 Å². The van der Waals surface area contributed by atoms with Crippen molar-refractivity contribution in [2.75, 3.05) is 25.1 Å². The molecule has 1 saturated heterocycles. The molecule has 9 heavy (non-hydrogen) atoms. The van der Waals surface area contributed by atoms with Gasteiger partial charge in [-0.1, -0.05) is 0 Å². The van der Waals surface area contributed by atoms with E-state index in [0.29, 0.717) is 0 Å². The van der Waals surface area contributed by atoms with E-state index in [9.17, 15) is 0 Å². The second-order valence-corrected chi connectivity index (χ2v) is 3.72. The van der Waals surface area contributed by atoms with Crippen LogP contribution in [0.25, 0.3) is 0 Å². The molecule has 0 aromatic rings. The molecule has 1 rings (SSSR count). The minimum atomic E-state index is 0.727. The van der Waals surface area contributed by atoms with Crippen LogP contribution >= 0.6 is 11.8 Å². The molecule has 54 valence electrons. The van der Waals surface area contributed by atoms with Crippen LogP contribution in [-0.4, -0.2) is 35.4 Å². The SMILES string of the molecule is CN(O)CC1CCSC1. The maximum atomic E-state index is 8.84. The van der Waals surface area contributed by atoms with E-state index in [4.69, 9.17) is 5.21 Å². The van der Waals surface area contributed by atoms with Crippen molar-refractivity contribution in [2.45, 2.75) is 6.42 Å². The molecule has 2 nitrogen and oxygen atoms in total. The first-order chi connectivity index (χ1) is 4.29. The minimum Gasteiger partial charge on any atom is -0.314 e. The number of nitrogens with zero attached hydrogens (tertiary/aromatic N) is 1. The highest BCUT2D eigenvalue weighted by Gasteiger charge is 2.15. The lowest BCUT2D eigenvalue weighted by Crippen LogP contribution is -2.21. The summed E-state index contributed by atoms with van der Waals surface area (Å²) in [6, 6.07) is 0. The maximum Gasteiger partial charge on any atom is 0.0271 e. The van der Waals surface area contributed by atoms with Crippen molar-refractivity contribution >= 4 is 11.8 Å². The molecule has 0 amide bonds. The van der Waals surface area contributed by atoms with Gasteiger partial charge in [-0.3, -0.25) is 0 Å². The molecule has 3 heteroatoms. The summed E-state index contributed by atoms with van der Waals surface area (Å²) in [6.45, 7) is 0.840. The van der Waals surface area contributed by atoms with E-state index in [1.165, 1.54) is 23.0 Å². The number of hydroxylamine groups is 2. The summed E-state index contributed by atoms with van der Waals surface area (Å²) < 4.78 is 0. The van der Waals surface area contributed by atoms with E-state index in [1.54, 1.807) is 7.05 Å². The van der Waals surface area contributed by atoms with Gasteiger partial charge in [-0.05, 0) is 23.8 Å². The molecule has 0 bridgehead atoms. The molecule has 1 unspecified atom stereocenters. The van der Waals surface area contributed by atoms with Gasteiger partial charge in [0.2, 0.25) is 0 Å². The van der Waals surface area contributed by atoms with E-state index in [1.807, 2.05) is 11.8 Å². The molecule has 0 spiro atoms. The van der Waals surface area contributed by atoms with Crippen molar-refractivity contribution in [3.8, 4) is 0 Å². The van der Waals surface area contributed by atoms with Gasteiger partial charge < -0.3 is 5.21 Å². The van der Waals surface area contributed by atoms with Gasteiger partial charge in [0.1, 0.15) is 0 Å². The number of hydrogen-bond donors (Lipinski definition) is 1. The smallest absolute Gasteiger partial charge is 0.0271 e. The lowest BCUT2D eigenvalue weighted by molar-refractivity contribution is -0.0737. The molecule has 1 aliphatic heterocycles.